The average molecular weight is 383 g/mol. The number of anilines is 1. The van der Waals surface area contributed by atoms with Gasteiger partial charge in [-0.15, -0.1) is 11.3 Å². The van der Waals surface area contributed by atoms with Crippen LogP contribution in [-0.4, -0.2) is 23.3 Å². The SMILES string of the molecule is CC(=O)Nc1cccc(-c2nc(CCNC(=O)c3ccccc3F)cs2)c1. The summed E-state index contributed by atoms with van der Waals surface area (Å²) in [5, 5.41) is 8.21. The number of carbonyl (C=O) groups is 2. The topological polar surface area (TPSA) is 71.1 Å². The lowest BCUT2D eigenvalue weighted by atomic mass is 10.2. The second kappa shape index (κ2) is 8.55. The summed E-state index contributed by atoms with van der Waals surface area (Å²) in [4.78, 5) is 27.8. The van der Waals surface area contributed by atoms with E-state index in [1.54, 1.807) is 12.1 Å². The summed E-state index contributed by atoms with van der Waals surface area (Å²) in [6.07, 6.45) is 0.544. The first kappa shape index (κ1) is 18.7. The van der Waals surface area contributed by atoms with Gasteiger partial charge in [-0.25, -0.2) is 9.37 Å². The van der Waals surface area contributed by atoms with E-state index in [-0.39, 0.29) is 11.5 Å². The predicted octanol–water partition coefficient (Wildman–Crippen LogP) is 3.88. The lowest BCUT2D eigenvalue weighted by molar-refractivity contribution is -0.114. The molecular formula is C20H18FN3O2S. The summed E-state index contributed by atoms with van der Waals surface area (Å²) in [5.41, 5.74) is 2.50. The van der Waals surface area contributed by atoms with Gasteiger partial charge in [0.1, 0.15) is 10.8 Å². The molecule has 0 bridgehead atoms. The molecule has 0 saturated heterocycles. The molecule has 0 atom stereocenters. The van der Waals surface area contributed by atoms with Gasteiger partial charge in [0, 0.05) is 36.5 Å². The smallest absolute Gasteiger partial charge is 0.254 e. The first-order valence-corrected chi connectivity index (χ1v) is 9.26. The number of nitrogens with zero attached hydrogens (tertiary/aromatic N) is 1. The molecule has 138 valence electrons. The molecule has 1 heterocycles. The number of aromatic nitrogens is 1. The van der Waals surface area contributed by atoms with Crippen molar-refractivity contribution >= 4 is 28.8 Å². The van der Waals surface area contributed by atoms with Gasteiger partial charge < -0.3 is 10.6 Å². The molecule has 0 unspecified atom stereocenters. The molecule has 2 N–H and O–H groups in total. The molecule has 0 fully saturated rings. The van der Waals surface area contributed by atoms with Crippen molar-refractivity contribution in [1.82, 2.24) is 10.3 Å². The maximum Gasteiger partial charge on any atom is 0.254 e. The van der Waals surface area contributed by atoms with Crippen LogP contribution < -0.4 is 10.6 Å². The Kier molecular flexibility index (Phi) is 5.93. The van der Waals surface area contributed by atoms with Crippen molar-refractivity contribution in [2.24, 2.45) is 0 Å². The molecule has 0 radical (unpaired) electrons. The van der Waals surface area contributed by atoms with E-state index < -0.39 is 11.7 Å². The zero-order chi connectivity index (χ0) is 19.2. The van der Waals surface area contributed by atoms with Crippen molar-refractivity contribution in [3.8, 4) is 10.6 Å². The molecule has 7 heteroatoms. The molecule has 0 aliphatic rings. The highest BCUT2D eigenvalue weighted by Crippen LogP contribution is 2.26. The minimum atomic E-state index is -0.537. The average Bonchev–Trinajstić information content (AvgIpc) is 3.10. The van der Waals surface area contributed by atoms with Crippen LogP contribution in [0.5, 0.6) is 0 Å². The van der Waals surface area contributed by atoms with Crippen LogP contribution in [-0.2, 0) is 11.2 Å². The minimum Gasteiger partial charge on any atom is -0.352 e. The summed E-state index contributed by atoms with van der Waals surface area (Å²) in [6.45, 7) is 1.83. The van der Waals surface area contributed by atoms with E-state index in [0.29, 0.717) is 18.7 Å². The molecule has 0 saturated carbocycles. The third-order valence-electron chi connectivity index (χ3n) is 3.77. The molecule has 1 aromatic heterocycles. The second-order valence-electron chi connectivity index (χ2n) is 5.89. The van der Waals surface area contributed by atoms with Gasteiger partial charge in [-0.2, -0.15) is 0 Å². The van der Waals surface area contributed by atoms with E-state index in [2.05, 4.69) is 15.6 Å². The number of hydrogen-bond acceptors (Lipinski definition) is 4. The Morgan fingerprint density at radius 1 is 1.15 bits per heavy atom. The molecular weight excluding hydrogens is 365 g/mol. The van der Waals surface area contributed by atoms with Crippen LogP contribution in [0.25, 0.3) is 10.6 Å². The Morgan fingerprint density at radius 2 is 1.96 bits per heavy atom. The highest BCUT2D eigenvalue weighted by molar-refractivity contribution is 7.13. The Balaban J connectivity index is 1.59. The van der Waals surface area contributed by atoms with Crippen molar-refractivity contribution in [3.05, 3.63) is 71.0 Å². The van der Waals surface area contributed by atoms with E-state index in [1.165, 1.54) is 30.4 Å². The Hall–Kier alpha value is -3.06. The normalized spacial score (nSPS) is 10.4. The van der Waals surface area contributed by atoms with Gasteiger partial charge in [0.2, 0.25) is 5.91 Å². The minimum absolute atomic E-state index is 0.0336. The number of nitrogens with one attached hydrogen (secondary N) is 2. The Bertz CT molecular complexity index is 971. The first-order chi connectivity index (χ1) is 13.0. The van der Waals surface area contributed by atoms with Crippen LogP contribution in [0.1, 0.15) is 23.0 Å². The van der Waals surface area contributed by atoms with Gasteiger partial charge in [-0.1, -0.05) is 24.3 Å². The molecule has 5 nitrogen and oxygen atoms in total. The predicted molar refractivity (Wildman–Crippen MR) is 104 cm³/mol. The number of rotatable bonds is 6. The molecule has 3 rings (SSSR count). The third kappa shape index (κ3) is 4.98. The fourth-order valence-corrected chi connectivity index (χ4v) is 3.38. The highest BCUT2D eigenvalue weighted by Gasteiger charge is 2.11. The highest BCUT2D eigenvalue weighted by atomic mass is 32.1. The Morgan fingerprint density at radius 3 is 2.74 bits per heavy atom. The van der Waals surface area contributed by atoms with Crippen molar-refractivity contribution < 1.29 is 14.0 Å². The number of thiazole rings is 1. The fraction of sp³-hybridized carbons (Fsp3) is 0.150. The lowest BCUT2D eigenvalue weighted by Gasteiger charge is -2.05. The van der Waals surface area contributed by atoms with Crippen LogP contribution in [0, 0.1) is 5.82 Å². The van der Waals surface area contributed by atoms with Crippen LogP contribution >= 0.6 is 11.3 Å². The van der Waals surface area contributed by atoms with Crippen molar-refractivity contribution in [2.75, 3.05) is 11.9 Å². The van der Waals surface area contributed by atoms with Crippen molar-refractivity contribution in [2.45, 2.75) is 13.3 Å². The maximum absolute atomic E-state index is 13.6. The zero-order valence-electron chi connectivity index (χ0n) is 14.7. The summed E-state index contributed by atoms with van der Waals surface area (Å²) >= 11 is 1.49. The van der Waals surface area contributed by atoms with Crippen LogP contribution in [0.4, 0.5) is 10.1 Å². The van der Waals surface area contributed by atoms with Crippen molar-refractivity contribution in [1.29, 1.82) is 0 Å². The number of amides is 2. The Labute approximate surface area is 160 Å². The van der Waals surface area contributed by atoms with Crippen LogP contribution in [0.2, 0.25) is 0 Å². The van der Waals surface area contributed by atoms with Crippen LogP contribution in [0.15, 0.2) is 53.9 Å². The molecule has 2 aromatic carbocycles. The number of hydrogen-bond donors (Lipinski definition) is 2. The summed E-state index contributed by atoms with van der Waals surface area (Å²) in [7, 11) is 0. The summed E-state index contributed by atoms with van der Waals surface area (Å²) in [5.74, 6) is -1.10. The first-order valence-electron chi connectivity index (χ1n) is 8.38. The molecule has 0 aliphatic carbocycles. The van der Waals surface area contributed by atoms with Crippen LogP contribution in [0.3, 0.4) is 0 Å². The van der Waals surface area contributed by atoms with E-state index >= 15 is 0 Å². The molecule has 3 aromatic rings. The van der Waals surface area contributed by atoms with Gasteiger partial charge in [0.25, 0.3) is 5.91 Å². The largest absolute Gasteiger partial charge is 0.352 e. The quantitative estimate of drug-likeness (QED) is 0.679. The number of benzene rings is 2. The van der Waals surface area contributed by atoms with E-state index in [9.17, 15) is 14.0 Å². The van der Waals surface area contributed by atoms with Gasteiger partial charge in [-0.05, 0) is 24.3 Å². The molecule has 0 spiro atoms. The standard InChI is InChI=1S/C20H18FN3O2S/c1-13(25)23-15-6-4-5-14(11-15)20-24-16(12-27-20)9-10-22-19(26)17-7-2-3-8-18(17)21/h2-8,11-12H,9-10H2,1H3,(H,22,26)(H,23,25). The van der Waals surface area contributed by atoms with Crippen molar-refractivity contribution in [3.63, 3.8) is 0 Å². The number of carbonyl (C=O) groups excluding carboxylic acids is 2. The molecule has 27 heavy (non-hydrogen) atoms. The fourth-order valence-electron chi connectivity index (χ4n) is 2.53. The van der Waals surface area contributed by atoms with E-state index in [1.807, 2.05) is 29.6 Å². The monoisotopic (exact) mass is 383 g/mol. The third-order valence-corrected chi connectivity index (χ3v) is 4.71. The number of halogens is 1. The van der Waals surface area contributed by atoms with Gasteiger partial charge in [-0.3, -0.25) is 9.59 Å². The summed E-state index contributed by atoms with van der Waals surface area (Å²) in [6, 6.07) is 13.3. The summed E-state index contributed by atoms with van der Waals surface area (Å²) < 4.78 is 13.6. The van der Waals surface area contributed by atoms with E-state index in [0.717, 1.165) is 16.3 Å². The van der Waals surface area contributed by atoms with Gasteiger partial charge in [0.15, 0.2) is 0 Å². The molecule has 2 amide bonds. The maximum atomic E-state index is 13.6. The van der Waals surface area contributed by atoms with Gasteiger partial charge >= 0.3 is 0 Å². The molecule has 0 aliphatic heterocycles. The van der Waals surface area contributed by atoms with E-state index in [4.69, 9.17) is 0 Å². The zero-order valence-corrected chi connectivity index (χ0v) is 15.5. The second-order valence-corrected chi connectivity index (χ2v) is 6.75. The lowest BCUT2D eigenvalue weighted by Crippen LogP contribution is -2.26. The van der Waals surface area contributed by atoms with Gasteiger partial charge in [0.05, 0.1) is 11.3 Å².